The summed E-state index contributed by atoms with van der Waals surface area (Å²) in [6.07, 6.45) is 1.18. The number of aliphatic carboxylic acids is 1. The number of nitrogens with zero attached hydrogens (tertiary/aromatic N) is 1. The third kappa shape index (κ3) is 6.97. The molecule has 0 bridgehead atoms. The van der Waals surface area contributed by atoms with Crippen LogP contribution in [0.4, 0.5) is 0 Å². The van der Waals surface area contributed by atoms with Crippen LogP contribution in [0.5, 0.6) is 0 Å². The van der Waals surface area contributed by atoms with Crippen LogP contribution in [-0.4, -0.2) is 76.1 Å². The van der Waals surface area contributed by atoms with Gasteiger partial charge in [0.05, 0.1) is 12.6 Å². The van der Waals surface area contributed by atoms with Gasteiger partial charge in [0.25, 0.3) is 0 Å². The second-order valence-electron chi connectivity index (χ2n) is 8.23. The molecule has 1 aliphatic heterocycles. The van der Waals surface area contributed by atoms with Crippen LogP contribution in [0, 0.1) is 11.8 Å². The first kappa shape index (κ1) is 24.8. The highest BCUT2D eigenvalue weighted by Gasteiger charge is 2.38. The zero-order chi connectivity index (χ0) is 22.3. The van der Waals surface area contributed by atoms with Crippen LogP contribution in [0.25, 0.3) is 0 Å². The maximum absolute atomic E-state index is 12.7. The number of nitrogens with one attached hydrogen (secondary N) is 2. The number of carbonyl (C=O) groups is 4. The molecule has 10 nitrogen and oxygen atoms in total. The van der Waals surface area contributed by atoms with Crippen LogP contribution in [0.2, 0.25) is 0 Å². The van der Waals surface area contributed by atoms with E-state index in [1.807, 2.05) is 13.8 Å². The summed E-state index contributed by atoms with van der Waals surface area (Å²) in [5.41, 5.74) is 5.84. The highest BCUT2D eigenvalue weighted by Crippen LogP contribution is 2.18. The molecule has 1 aliphatic rings. The normalized spacial score (nSPS) is 19.7. The molecule has 0 aromatic heterocycles. The Kier molecular flexibility index (Phi) is 9.51. The third-order valence-corrected chi connectivity index (χ3v) is 4.98. The van der Waals surface area contributed by atoms with E-state index in [1.165, 1.54) is 0 Å². The molecule has 1 heterocycles. The summed E-state index contributed by atoms with van der Waals surface area (Å²) in [7, 11) is 0. The predicted molar refractivity (Wildman–Crippen MR) is 106 cm³/mol. The molecule has 1 fully saturated rings. The Bertz CT molecular complexity index is 610. The molecule has 29 heavy (non-hydrogen) atoms. The summed E-state index contributed by atoms with van der Waals surface area (Å²) in [5.74, 6) is -2.92. The van der Waals surface area contributed by atoms with Gasteiger partial charge >= 0.3 is 5.97 Å². The highest BCUT2D eigenvalue weighted by atomic mass is 16.4. The Hall–Kier alpha value is -2.20. The standard InChI is InChI=1S/C19H34N4O6/c1-10(2)8-12(21-17(26)15(20)11(3)4)16(25)22-13(9-24)18(27)23-7-5-6-14(23)19(28)29/h10-15,24H,5-9,20H2,1-4H3,(H,21,26)(H,22,25)(H,28,29). The number of aliphatic hydroxyl groups excluding tert-OH is 1. The van der Waals surface area contributed by atoms with Crippen molar-refractivity contribution in [1.82, 2.24) is 15.5 Å². The number of rotatable bonds is 10. The zero-order valence-corrected chi connectivity index (χ0v) is 17.6. The Morgan fingerprint density at radius 2 is 1.66 bits per heavy atom. The molecule has 0 aromatic carbocycles. The van der Waals surface area contributed by atoms with E-state index in [0.29, 0.717) is 19.3 Å². The summed E-state index contributed by atoms with van der Waals surface area (Å²) in [6, 6.07) is -3.96. The number of amides is 3. The van der Waals surface area contributed by atoms with E-state index in [1.54, 1.807) is 13.8 Å². The summed E-state index contributed by atoms with van der Waals surface area (Å²) in [6.45, 7) is 6.91. The Morgan fingerprint density at radius 3 is 2.14 bits per heavy atom. The van der Waals surface area contributed by atoms with Crippen molar-refractivity contribution in [2.24, 2.45) is 17.6 Å². The number of carbonyl (C=O) groups excluding carboxylic acids is 3. The number of hydrogen-bond donors (Lipinski definition) is 5. The van der Waals surface area contributed by atoms with Crippen LogP contribution in [-0.2, 0) is 19.2 Å². The third-order valence-electron chi connectivity index (χ3n) is 4.98. The lowest BCUT2D eigenvalue weighted by molar-refractivity contribution is -0.150. The lowest BCUT2D eigenvalue weighted by atomic mass is 10.00. The maximum Gasteiger partial charge on any atom is 0.326 e. The number of hydrogen-bond acceptors (Lipinski definition) is 6. The van der Waals surface area contributed by atoms with Crippen molar-refractivity contribution in [2.45, 2.75) is 71.1 Å². The van der Waals surface area contributed by atoms with Crippen molar-refractivity contribution in [3.8, 4) is 0 Å². The molecule has 3 amide bonds. The molecular weight excluding hydrogens is 380 g/mol. The SMILES string of the molecule is CC(C)CC(NC(=O)C(N)C(C)C)C(=O)NC(CO)C(=O)N1CCCC1C(=O)O. The smallest absolute Gasteiger partial charge is 0.326 e. The second-order valence-corrected chi connectivity index (χ2v) is 8.23. The number of carboxylic acid groups (broad SMARTS) is 1. The molecule has 0 saturated carbocycles. The van der Waals surface area contributed by atoms with Crippen LogP contribution in [0.3, 0.4) is 0 Å². The van der Waals surface area contributed by atoms with Crippen molar-refractivity contribution in [1.29, 1.82) is 0 Å². The van der Waals surface area contributed by atoms with Crippen molar-refractivity contribution < 1.29 is 29.4 Å². The highest BCUT2D eigenvalue weighted by molar-refractivity contribution is 5.94. The number of likely N-dealkylation sites (tertiary alicyclic amines) is 1. The van der Waals surface area contributed by atoms with Crippen molar-refractivity contribution in [3.63, 3.8) is 0 Å². The lowest BCUT2D eigenvalue weighted by Crippen LogP contribution is -2.58. The number of carboxylic acids is 1. The van der Waals surface area contributed by atoms with Gasteiger partial charge < -0.3 is 31.5 Å². The van der Waals surface area contributed by atoms with Crippen LogP contribution < -0.4 is 16.4 Å². The quantitative estimate of drug-likeness (QED) is 0.308. The summed E-state index contributed by atoms with van der Waals surface area (Å²) in [5, 5.41) is 23.9. The van der Waals surface area contributed by atoms with Crippen LogP contribution in [0.1, 0.15) is 47.0 Å². The van der Waals surface area contributed by atoms with Gasteiger partial charge in [0, 0.05) is 6.54 Å². The van der Waals surface area contributed by atoms with E-state index in [9.17, 15) is 29.4 Å². The molecule has 0 radical (unpaired) electrons. The molecule has 0 aliphatic carbocycles. The first-order chi connectivity index (χ1) is 13.5. The molecule has 1 saturated heterocycles. The largest absolute Gasteiger partial charge is 0.480 e. The minimum Gasteiger partial charge on any atom is -0.480 e. The Morgan fingerprint density at radius 1 is 1.07 bits per heavy atom. The fourth-order valence-electron chi connectivity index (χ4n) is 3.22. The molecule has 10 heteroatoms. The molecule has 0 spiro atoms. The van der Waals surface area contributed by atoms with Gasteiger partial charge in [-0.2, -0.15) is 0 Å². The van der Waals surface area contributed by atoms with E-state index in [0.717, 1.165) is 4.90 Å². The Labute approximate surface area is 171 Å². The fourth-order valence-corrected chi connectivity index (χ4v) is 3.22. The van der Waals surface area contributed by atoms with E-state index in [2.05, 4.69) is 10.6 Å². The van der Waals surface area contributed by atoms with Crippen molar-refractivity contribution in [3.05, 3.63) is 0 Å². The molecule has 6 N–H and O–H groups in total. The van der Waals surface area contributed by atoms with Gasteiger partial charge in [0.15, 0.2) is 0 Å². The van der Waals surface area contributed by atoms with E-state index in [4.69, 9.17) is 5.73 Å². The van der Waals surface area contributed by atoms with E-state index < -0.39 is 54.5 Å². The maximum atomic E-state index is 12.7. The first-order valence-electron chi connectivity index (χ1n) is 10.00. The van der Waals surface area contributed by atoms with Crippen LogP contribution >= 0.6 is 0 Å². The zero-order valence-electron chi connectivity index (χ0n) is 17.6. The fraction of sp³-hybridized carbons (Fsp3) is 0.789. The van der Waals surface area contributed by atoms with Crippen LogP contribution in [0.15, 0.2) is 0 Å². The van der Waals surface area contributed by atoms with Gasteiger partial charge in [-0.15, -0.1) is 0 Å². The molecule has 0 aromatic rings. The molecule has 166 valence electrons. The minimum atomic E-state index is -1.28. The van der Waals surface area contributed by atoms with Gasteiger partial charge in [-0.05, 0) is 31.1 Å². The average Bonchev–Trinajstić information content (AvgIpc) is 3.13. The Balaban J connectivity index is 2.88. The summed E-state index contributed by atoms with van der Waals surface area (Å²) in [4.78, 5) is 50.2. The summed E-state index contributed by atoms with van der Waals surface area (Å²) < 4.78 is 0. The average molecular weight is 415 g/mol. The monoisotopic (exact) mass is 414 g/mol. The summed E-state index contributed by atoms with van der Waals surface area (Å²) >= 11 is 0. The van der Waals surface area contributed by atoms with E-state index in [-0.39, 0.29) is 18.4 Å². The van der Waals surface area contributed by atoms with Crippen molar-refractivity contribution >= 4 is 23.7 Å². The topological polar surface area (TPSA) is 162 Å². The number of aliphatic hydroxyl groups is 1. The van der Waals surface area contributed by atoms with Gasteiger partial charge in [-0.3, -0.25) is 14.4 Å². The molecular formula is C19H34N4O6. The van der Waals surface area contributed by atoms with Gasteiger partial charge in [-0.1, -0.05) is 27.7 Å². The van der Waals surface area contributed by atoms with Gasteiger partial charge in [-0.25, -0.2) is 4.79 Å². The first-order valence-corrected chi connectivity index (χ1v) is 10.00. The van der Waals surface area contributed by atoms with Crippen molar-refractivity contribution in [2.75, 3.05) is 13.2 Å². The predicted octanol–water partition coefficient (Wildman–Crippen LogP) is -0.947. The molecule has 4 atom stereocenters. The molecule has 4 unspecified atom stereocenters. The van der Waals surface area contributed by atoms with E-state index >= 15 is 0 Å². The van der Waals surface area contributed by atoms with Gasteiger partial charge in [0.1, 0.15) is 18.1 Å². The van der Waals surface area contributed by atoms with Gasteiger partial charge in [0.2, 0.25) is 17.7 Å². The molecule has 1 rings (SSSR count). The second kappa shape index (κ2) is 11.1. The minimum absolute atomic E-state index is 0.0691. The number of nitrogens with two attached hydrogens (primary N) is 1. The lowest BCUT2D eigenvalue weighted by Gasteiger charge is -2.28.